The number of fused-ring (bicyclic) bond motifs is 1. The van der Waals surface area contributed by atoms with Crippen LogP contribution in [0.4, 0.5) is 10.2 Å². The quantitative estimate of drug-likeness (QED) is 0.473. The zero-order chi connectivity index (χ0) is 20.2. The van der Waals surface area contributed by atoms with Crippen LogP contribution in [0.25, 0.3) is 11.0 Å². The van der Waals surface area contributed by atoms with Crippen molar-refractivity contribution in [2.75, 3.05) is 30.3 Å². The highest BCUT2D eigenvalue weighted by molar-refractivity contribution is 7.99. The number of rotatable bonds is 7. The van der Waals surface area contributed by atoms with E-state index < -0.39 is 11.7 Å². The molecule has 4 rings (SSSR count). The lowest BCUT2D eigenvalue weighted by Crippen LogP contribution is -2.28. The second kappa shape index (κ2) is 8.77. The van der Waals surface area contributed by atoms with Crippen molar-refractivity contribution in [2.45, 2.75) is 31.5 Å². The van der Waals surface area contributed by atoms with Gasteiger partial charge in [-0.3, -0.25) is 4.79 Å². The molecule has 1 N–H and O–H groups in total. The summed E-state index contributed by atoms with van der Waals surface area (Å²) in [6.07, 6.45) is 4.12. The highest BCUT2D eigenvalue weighted by Crippen LogP contribution is 2.29. The van der Waals surface area contributed by atoms with Gasteiger partial charge in [-0.15, -0.1) is 0 Å². The van der Waals surface area contributed by atoms with E-state index in [9.17, 15) is 9.18 Å². The Morgan fingerprint density at radius 2 is 2.03 bits per heavy atom. The van der Waals surface area contributed by atoms with E-state index in [1.54, 1.807) is 34.8 Å². The summed E-state index contributed by atoms with van der Waals surface area (Å²) in [5.74, 6) is 0.857. The molecule has 0 atom stereocenters. The van der Waals surface area contributed by atoms with E-state index in [1.165, 1.54) is 12.1 Å². The molecule has 3 heterocycles. The van der Waals surface area contributed by atoms with Crippen LogP contribution in [-0.4, -0.2) is 51.0 Å². The Labute approximate surface area is 172 Å². The fraction of sp³-hybridized carbons (Fsp3) is 0.400. The number of hydrogen-bond acceptors (Lipinski definition) is 6. The van der Waals surface area contributed by atoms with Gasteiger partial charge in [0.1, 0.15) is 11.6 Å². The number of hydrogen-bond donors (Lipinski definition) is 1. The Hall–Kier alpha value is -2.68. The standard InChI is InChI=1S/C20H23FN6OS/c1-2-29-20-24-17(26-10-5-6-11-26)15-13-23-27(18(15)25-20)12-9-22-19(28)14-7-3-4-8-16(14)21/h3-4,7-8,13H,2,5-6,9-12H2,1H3,(H,22,28). The molecule has 0 aliphatic carbocycles. The van der Waals surface area contributed by atoms with Crippen LogP contribution in [0.2, 0.25) is 0 Å². The maximum atomic E-state index is 13.8. The molecule has 1 aromatic carbocycles. The van der Waals surface area contributed by atoms with Gasteiger partial charge in [-0.1, -0.05) is 30.8 Å². The second-order valence-electron chi connectivity index (χ2n) is 6.80. The lowest BCUT2D eigenvalue weighted by molar-refractivity contribution is 0.0948. The maximum Gasteiger partial charge on any atom is 0.254 e. The number of carbonyl (C=O) groups excluding carboxylic acids is 1. The molecule has 0 bridgehead atoms. The van der Waals surface area contributed by atoms with Crippen LogP contribution in [-0.2, 0) is 6.54 Å². The summed E-state index contributed by atoms with van der Waals surface area (Å²) in [6.45, 7) is 4.82. The van der Waals surface area contributed by atoms with E-state index in [4.69, 9.17) is 4.98 Å². The number of carbonyl (C=O) groups is 1. The molecular formula is C20H23FN6OS. The normalized spacial score (nSPS) is 13.9. The molecule has 2 aromatic heterocycles. The molecule has 1 aliphatic heterocycles. The lowest BCUT2D eigenvalue weighted by Gasteiger charge is -2.17. The number of nitrogens with one attached hydrogen (secondary N) is 1. The molecule has 9 heteroatoms. The molecule has 0 spiro atoms. The number of benzene rings is 1. The van der Waals surface area contributed by atoms with Gasteiger partial charge in [0.05, 0.1) is 23.7 Å². The van der Waals surface area contributed by atoms with Crippen LogP contribution in [0.1, 0.15) is 30.1 Å². The molecule has 1 saturated heterocycles. The summed E-state index contributed by atoms with van der Waals surface area (Å²) >= 11 is 1.60. The van der Waals surface area contributed by atoms with Gasteiger partial charge in [0.15, 0.2) is 10.8 Å². The molecule has 0 unspecified atom stereocenters. The van der Waals surface area contributed by atoms with E-state index in [2.05, 4.69) is 27.2 Å². The van der Waals surface area contributed by atoms with Crippen molar-refractivity contribution in [1.29, 1.82) is 0 Å². The number of nitrogens with zero attached hydrogens (tertiary/aromatic N) is 5. The molecule has 0 radical (unpaired) electrons. The fourth-order valence-corrected chi connectivity index (χ4v) is 4.02. The SMILES string of the molecule is CCSc1nc(N2CCCC2)c2cnn(CCNC(=O)c3ccccc3F)c2n1. The van der Waals surface area contributed by atoms with Crippen molar-refractivity contribution < 1.29 is 9.18 Å². The molecule has 1 aliphatic rings. The van der Waals surface area contributed by atoms with E-state index >= 15 is 0 Å². The van der Waals surface area contributed by atoms with Gasteiger partial charge < -0.3 is 10.2 Å². The first-order valence-electron chi connectivity index (χ1n) is 9.81. The maximum absolute atomic E-state index is 13.8. The molecule has 1 amide bonds. The van der Waals surface area contributed by atoms with Crippen molar-refractivity contribution in [1.82, 2.24) is 25.1 Å². The minimum atomic E-state index is -0.529. The van der Waals surface area contributed by atoms with Crippen LogP contribution >= 0.6 is 11.8 Å². The predicted octanol–water partition coefficient (Wildman–Crippen LogP) is 3.11. The average molecular weight is 415 g/mol. The largest absolute Gasteiger partial charge is 0.356 e. The van der Waals surface area contributed by atoms with E-state index in [0.717, 1.165) is 53.7 Å². The summed E-state index contributed by atoms with van der Waals surface area (Å²) < 4.78 is 15.5. The first-order valence-corrected chi connectivity index (χ1v) is 10.8. The van der Waals surface area contributed by atoms with Crippen molar-refractivity contribution in [3.05, 3.63) is 41.8 Å². The van der Waals surface area contributed by atoms with Crippen LogP contribution in [0.15, 0.2) is 35.6 Å². The average Bonchev–Trinajstić information content (AvgIpc) is 3.38. The van der Waals surface area contributed by atoms with Crippen molar-refractivity contribution >= 4 is 34.5 Å². The van der Waals surface area contributed by atoms with Crippen molar-refractivity contribution in [2.24, 2.45) is 0 Å². The zero-order valence-electron chi connectivity index (χ0n) is 16.3. The van der Waals surface area contributed by atoms with Crippen LogP contribution in [0.3, 0.4) is 0 Å². The minimum absolute atomic E-state index is 0.0399. The molecule has 152 valence electrons. The van der Waals surface area contributed by atoms with E-state index in [0.29, 0.717) is 13.1 Å². The van der Waals surface area contributed by atoms with Gasteiger partial charge in [-0.25, -0.2) is 19.0 Å². The summed E-state index contributed by atoms with van der Waals surface area (Å²) in [5.41, 5.74) is 0.802. The number of aromatic nitrogens is 4. The molecule has 3 aromatic rings. The van der Waals surface area contributed by atoms with Gasteiger partial charge in [0.2, 0.25) is 0 Å². The Kier molecular flexibility index (Phi) is 5.94. The van der Waals surface area contributed by atoms with Crippen LogP contribution < -0.4 is 10.2 Å². The smallest absolute Gasteiger partial charge is 0.254 e. The highest BCUT2D eigenvalue weighted by Gasteiger charge is 2.21. The Morgan fingerprint density at radius 3 is 2.79 bits per heavy atom. The van der Waals surface area contributed by atoms with Gasteiger partial charge in [-0.05, 0) is 30.7 Å². The van der Waals surface area contributed by atoms with Gasteiger partial charge in [0, 0.05) is 19.6 Å². The monoisotopic (exact) mass is 414 g/mol. The predicted molar refractivity (Wildman–Crippen MR) is 112 cm³/mol. The lowest BCUT2D eigenvalue weighted by atomic mass is 10.2. The molecular weight excluding hydrogens is 391 g/mol. The van der Waals surface area contributed by atoms with Gasteiger partial charge >= 0.3 is 0 Å². The third-order valence-corrected chi connectivity index (χ3v) is 5.59. The first-order chi connectivity index (χ1) is 14.2. The fourth-order valence-electron chi connectivity index (χ4n) is 3.46. The van der Waals surface area contributed by atoms with Crippen LogP contribution in [0, 0.1) is 5.82 Å². The highest BCUT2D eigenvalue weighted by atomic mass is 32.2. The van der Waals surface area contributed by atoms with Gasteiger partial charge in [-0.2, -0.15) is 5.10 Å². The summed E-state index contributed by atoms with van der Waals surface area (Å²) in [7, 11) is 0. The zero-order valence-corrected chi connectivity index (χ0v) is 17.1. The number of thioether (sulfide) groups is 1. The minimum Gasteiger partial charge on any atom is -0.356 e. The summed E-state index contributed by atoms with van der Waals surface area (Å²) in [5, 5.41) is 8.88. The van der Waals surface area contributed by atoms with Gasteiger partial charge in [0.25, 0.3) is 5.91 Å². The molecule has 29 heavy (non-hydrogen) atoms. The van der Waals surface area contributed by atoms with E-state index in [-0.39, 0.29) is 5.56 Å². The topological polar surface area (TPSA) is 75.9 Å². The molecule has 1 fully saturated rings. The number of amides is 1. The third-order valence-electron chi connectivity index (χ3n) is 4.86. The molecule has 7 nitrogen and oxygen atoms in total. The number of anilines is 1. The van der Waals surface area contributed by atoms with E-state index in [1.807, 2.05) is 0 Å². The third kappa shape index (κ3) is 4.19. The number of halogens is 1. The Bertz CT molecular complexity index is 1020. The van der Waals surface area contributed by atoms with Crippen molar-refractivity contribution in [3.63, 3.8) is 0 Å². The Morgan fingerprint density at radius 1 is 1.24 bits per heavy atom. The van der Waals surface area contributed by atoms with Crippen LogP contribution in [0.5, 0.6) is 0 Å². The first kappa shape index (κ1) is 19.6. The second-order valence-corrected chi connectivity index (χ2v) is 8.03. The summed E-state index contributed by atoms with van der Waals surface area (Å²) in [6, 6.07) is 5.95. The van der Waals surface area contributed by atoms with Crippen molar-refractivity contribution in [3.8, 4) is 0 Å². The summed E-state index contributed by atoms with van der Waals surface area (Å²) in [4.78, 5) is 23.9. The Balaban J connectivity index is 1.53. The molecule has 0 saturated carbocycles.